The first-order valence-electron chi connectivity index (χ1n) is 4.83. The van der Waals surface area contributed by atoms with Gasteiger partial charge < -0.3 is 0 Å². The molecule has 15 heavy (non-hydrogen) atoms. The molecule has 2 nitrogen and oxygen atoms in total. The molecule has 0 saturated carbocycles. The number of aryl methyl sites for hydroxylation is 1. The molecule has 0 atom stereocenters. The van der Waals surface area contributed by atoms with Crippen molar-refractivity contribution in [2.75, 3.05) is 0 Å². The highest BCUT2D eigenvalue weighted by Gasteiger charge is 2.02. The number of nitrogens with zero attached hydrogens (tertiary/aromatic N) is 1. The SMILES string of the molecule is Cc1ccc(-c2ccc3cn[nH]c3c2)s1. The van der Waals surface area contributed by atoms with E-state index in [-0.39, 0.29) is 0 Å². The van der Waals surface area contributed by atoms with Crippen LogP contribution in [-0.4, -0.2) is 10.2 Å². The predicted octanol–water partition coefficient (Wildman–Crippen LogP) is 3.60. The van der Waals surface area contributed by atoms with Crippen LogP contribution in [0.4, 0.5) is 0 Å². The van der Waals surface area contributed by atoms with Gasteiger partial charge in [-0.3, -0.25) is 5.10 Å². The molecular weight excluding hydrogens is 204 g/mol. The number of fused-ring (bicyclic) bond motifs is 1. The number of rotatable bonds is 1. The van der Waals surface area contributed by atoms with Crippen molar-refractivity contribution >= 4 is 22.2 Å². The Balaban J connectivity index is 2.18. The van der Waals surface area contributed by atoms with Gasteiger partial charge in [0.1, 0.15) is 0 Å². The maximum atomic E-state index is 4.02. The molecule has 1 aromatic carbocycles. The molecule has 0 saturated heterocycles. The Hall–Kier alpha value is -1.61. The quantitative estimate of drug-likeness (QED) is 0.658. The summed E-state index contributed by atoms with van der Waals surface area (Å²) in [5, 5.41) is 8.17. The van der Waals surface area contributed by atoms with E-state index >= 15 is 0 Å². The third kappa shape index (κ3) is 1.45. The van der Waals surface area contributed by atoms with Crippen molar-refractivity contribution in [1.82, 2.24) is 10.2 Å². The molecule has 1 N–H and O–H groups in total. The van der Waals surface area contributed by atoms with E-state index in [2.05, 4.69) is 47.5 Å². The molecule has 0 aliphatic carbocycles. The second-order valence-corrected chi connectivity index (χ2v) is 4.87. The van der Waals surface area contributed by atoms with Gasteiger partial charge in [-0.1, -0.05) is 12.1 Å². The summed E-state index contributed by atoms with van der Waals surface area (Å²) in [6, 6.07) is 10.7. The lowest BCUT2D eigenvalue weighted by molar-refractivity contribution is 1.12. The lowest BCUT2D eigenvalue weighted by Gasteiger charge is -1.96. The molecule has 2 heterocycles. The molecule has 3 aromatic rings. The summed E-state index contributed by atoms with van der Waals surface area (Å²) < 4.78 is 0. The number of hydrogen-bond donors (Lipinski definition) is 1. The summed E-state index contributed by atoms with van der Waals surface area (Å²) >= 11 is 1.82. The first-order valence-corrected chi connectivity index (χ1v) is 5.64. The fourth-order valence-electron chi connectivity index (χ4n) is 1.68. The molecule has 74 valence electrons. The normalized spacial score (nSPS) is 11.0. The monoisotopic (exact) mass is 214 g/mol. The zero-order valence-electron chi connectivity index (χ0n) is 8.32. The van der Waals surface area contributed by atoms with Gasteiger partial charge in [0.2, 0.25) is 0 Å². The second-order valence-electron chi connectivity index (χ2n) is 3.58. The zero-order chi connectivity index (χ0) is 10.3. The molecule has 0 radical (unpaired) electrons. The Morgan fingerprint density at radius 2 is 2.13 bits per heavy atom. The predicted molar refractivity (Wildman–Crippen MR) is 64.1 cm³/mol. The number of nitrogens with one attached hydrogen (secondary N) is 1. The molecule has 0 aliphatic heterocycles. The molecule has 3 heteroatoms. The molecule has 3 rings (SSSR count). The van der Waals surface area contributed by atoms with Gasteiger partial charge in [-0.05, 0) is 30.7 Å². The summed E-state index contributed by atoms with van der Waals surface area (Å²) in [5.41, 5.74) is 2.35. The molecule has 0 aliphatic rings. The van der Waals surface area contributed by atoms with Gasteiger partial charge >= 0.3 is 0 Å². The minimum atomic E-state index is 1.10. The van der Waals surface area contributed by atoms with Crippen LogP contribution < -0.4 is 0 Å². The highest BCUT2D eigenvalue weighted by molar-refractivity contribution is 7.15. The van der Waals surface area contributed by atoms with Gasteiger partial charge in [0.25, 0.3) is 0 Å². The van der Waals surface area contributed by atoms with Crippen molar-refractivity contribution in [3.63, 3.8) is 0 Å². The first-order chi connectivity index (χ1) is 7.33. The van der Waals surface area contributed by atoms with E-state index in [0.717, 1.165) is 10.9 Å². The third-order valence-corrected chi connectivity index (χ3v) is 3.52. The largest absolute Gasteiger partial charge is 0.278 e. The minimum absolute atomic E-state index is 1.10. The maximum Gasteiger partial charge on any atom is 0.0656 e. The zero-order valence-corrected chi connectivity index (χ0v) is 9.14. The number of aromatic nitrogens is 2. The summed E-state index contributed by atoms with van der Waals surface area (Å²) in [4.78, 5) is 2.65. The molecule has 0 spiro atoms. The highest BCUT2D eigenvalue weighted by atomic mass is 32.1. The van der Waals surface area contributed by atoms with Crippen LogP contribution in [0.2, 0.25) is 0 Å². The molecule has 2 aromatic heterocycles. The van der Waals surface area contributed by atoms with Crippen LogP contribution in [0.15, 0.2) is 36.5 Å². The Labute approximate surface area is 91.6 Å². The number of aromatic amines is 1. The van der Waals surface area contributed by atoms with Gasteiger partial charge in [-0.15, -0.1) is 11.3 Å². The van der Waals surface area contributed by atoms with Gasteiger partial charge in [0.15, 0.2) is 0 Å². The molecule has 0 unspecified atom stereocenters. The number of hydrogen-bond acceptors (Lipinski definition) is 2. The van der Waals surface area contributed by atoms with E-state index in [0.29, 0.717) is 0 Å². The van der Waals surface area contributed by atoms with E-state index in [1.807, 2.05) is 17.5 Å². The fraction of sp³-hybridized carbons (Fsp3) is 0.0833. The van der Waals surface area contributed by atoms with E-state index < -0.39 is 0 Å². The van der Waals surface area contributed by atoms with Crippen LogP contribution in [0.25, 0.3) is 21.3 Å². The van der Waals surface area contributed by atoms with Gasteiger partial charge in [0.05, 0.1) is 11.7 Å². The van der Waals surface area contributed by atoms with Crippen molar-refractivity contribution in [3.8, 4) is 10.4 Å². The van der Waals surface area contributed by atoms with Crippen molar-refractivity contribution in [1.29, 1.82) is 0 Å². The number of H-pyrrole nitrogens is 1. The van der Waals surface area contributed by atoms with Crippen LogP contribution in [0.5, 0.6) is 0 Å². The number of benzene rings is 1. The molecule has 0 fully saturated rings. The van der Waals surface area contributed by atoms with Crippen molar-refractivity contribution in [2.24, 2.45) is 0 Å². The first kappa shape index (κ1) is 8.68. The second kappa shape index (κ2) is 3.21. The van der Waals surface area contributed by atoms with E-state index in [1.165, 1.54) is 15.3 Å². The Morgan fingerprint density at radius 1 is 1.20 bits per heavy atom. The van der Waals surface area contributed by atoms with Crippen molar-refractivity contribution in [3.05, 3.63) is 41.4 Å². The van der Waals surface area contributed by atoms with E-state index in [1.54, 1.807) is 0 Å². The highest BCUT2D eigenvalue weighted by Crippen LogP contribution is 2.29. The van der Waals surface area contributed by atoms with Gasteiger partial charge in [0, 0.05) is 15.1 Å². The van der Waals surface area contributed by atoms with Crippen molar-refractivity contribution in [2.45, 2.75) is 6.92 Å². The van der Waals surface area contributed by atoms with Gasteiger partial charge in [-0.2, -0.15) is 5.10 Å². The maximum absolute atomic E-state index is 4.02. The van der Waals surface area contributed by atoms with Crippen LogP contribution >= 0.6 is 11.3 Å². The Bertz CT molecular complexity index is 607. The lowest BCUT2D eigenvalue weighted by Crippen LogP contribution is -1.73. The average Bonchev–Trinajstić information content (AvgIpc) is 2.84. The Kier molecular flexibility index (Phi) is 1.86. The summed E-state index contributed by atoms with van der Waals surface area (Å²) in [7, 11) is 0. The molecule has 0 amide bonds. The average molecular weight is 214 g/mol. The summed E-state index contributed by atoms with van der Waals surface area (Å²) in [6.07, 6.45) is 1.85. The summed E-state index contributed by atoms with van der Waals surface area (Å²) in [6.45, 7) is 2.13. The van der Waals surface area contributed by atoms with Crippen LogP contribution in [0.1, 0.15) is 4.88 Å². The minimum Gasteiger partial charge on any atom is -0.278 e. The van der Waals surface area contributed by atoms with Crippen LogP contribution in [-0.2, 0) is 0 Å². The Morgan fingerprint density at radius 3 is 2.93 bits per heavy atom. The van der Waals surface area contributed by atoms with E-state index in [9.17, 15) is 0 Å². The smallest absolute Gasteiger partial charge is 0.0656 e. The topological polar surface area (TPSA) is 28.7 Å². The fourth-order valence-corrected chi connectivity index (χ4v) is 2.54. The standard InChI is InChI=1S/C12H10N2S/c1-8-2-5-12(15-8)9-3-4-10-7-13-14-11(10)6-9/h2-7H,1H3,(H,13,14). The number of thiophene rings is 1. The summed E-state index contributed by atoms with van der Waals surface area (Å²) in [5.74, 6) is 0. The van der Waals surface area contributed by atoms with Crippen molar-refractivity contribution < 1.29 is 0 Å². The third-order valence-electron chi connectivity index (χ3n) is 2.47. The molecular formula is C12H10N2S. The van der Waals surface area contributed by atoms with E-state index in [4.69, 9.17) is 0 Å². The van der Waals surface area contributed by atoms with Crippen LogP contribution in [0, 0.1) is 6.92 Å². The van der Waals surface area contributed by atoms with Crippen LogP contribution in [0.3, 0.4) is 0 Å². The molecule has 0 bridgehead atoms. The lowest BCUT2D eigenvalue weighted by atomic mass is 10.1. The van der Waals surface area contributed by atoms with Gasteiger partial charge in [-0.25, -0.2) is 0 Å².